The number of phenols is 1. The topological polar surface area (TPSA) is 59.0 Å². The second-order valence-electron chi connectivity index (χ2n) is 4.42. The number of aromatic hydroxyl groups is 1. The van der Waals surface area contributed by atoms with Gasteiger partial charge in [0.1, 0.15) is 17.2 Å². The lowest BCUT2D eigenvalue weighted by Crippen LogP contribution is -2.37. The zero-order valence-corrected chi connectivity index (χ0v) is 10.9. The first-order valence-electron chi connectivity index (χ1n) is 6.13. The lowest BCUT2D eigenvalue weighted by atomic mass is 10.1. The largest absolute Gasteiger partial charge is 0.506 e. The van der Waals surface area contributed by atoms with Crippen LogP contribution in [0.1, 0.15) is 5.56 Å². The van der Waals surface area contributed by atoms with Crippen molar-refractivity contribution in [2.24, 2.45) is 0 Å². The Balaban J connectivity index is 1.97. The predicted molar refractivity (Wildman–Crippen MR) is 73.3 cm³/mol. The van der Waals surface area contributed by atoms with E-state index in [2.05, 4.69) is 0 Å². The van der Waals surface area contributed by atoms with Gasteiger partial charge in [-0.05, 0) is 24.3 Å². The van der Waals surface area contributed by atoms with E-state index in [1.54, 1.807) is 37.4 Å². The summed E-state index contributed by atoms with van der Waals surface area (Å²) in [6.07, 6.45) is -0.521. The molecule has 0 bridgehead atoms. The maximum absolute atomic E-state index is 12.1. The monoisotopic (exact) mass is 271 g/mol. The lowest BCUT2D eigenvalue weighted by Gasteiger charge is -2.28. The van der Waals surface area contributed by atoms with Gasteiger partial charge in [-0.15, -0.1) is 0 Å². The molecule has 2 aromatic carbocycles. The van der Waals surface area contributed by atoms with E-state index in [1.165, 1.54) is 11.0 Å². The zero-order valence-electron chi connectivity index (χ0n) is 10.9. The number of ether oxygens (including phenoxy) is 2. The van der Waals surface area contributed by atoms with Gasteiger partial charge in [0.15, 0.2) is 0 Å². The number of hydrogen-bond donors (Lipinski definition) is 1. The van der Waals surface area contributed by atoms with Gasteiger partial charge in [0, 0.05) is 11.6 Å². The van der Waals surface area contributed by atoms with Gasteiger partial charge in [0.05, 0.1) is 19.3 Å². The zero-order chi connectivity index (χ0) is 14.1. The van der Waals surface area contributed by atoms with Crippen LogP contribution in [-0.2, 0) is 6.54 Å². The van der Waals surface area contributed by atoms with E-state index < -0.39 is 6.09 Å². The Labute approximate surface area is 116 Å². The average molecular weight is 271 g/mol. The van der Waals surface area contributed by atoms with E-state index in [4.69, 9.17) is 9.47 Å². The van der Waals surface area contributed by atoms with E-state index in [1.807, 2.05) is 6.07 Å². The highest BCUT2D eigenvalue weighted by atomic mass is 16.6. The number of rotatable bonds is 2. The molecule has 0 radical (unpaired) electrons. The summed E-state index contributed by atoms with van der Waals surface area (Å²) in [5, 5.41) is 9.84. The summed E-state index contributed by atoms with van der Waals surface area (Å²) < 4.78 is 10.4. The number of hydrogen-bond acceptors (Lipinski definition) is 4. The van der Waals surface area contributed by atoms with Crippen LogP contribution in [0.3, 0.4) is 0 Å². The highest BCUT2D eigenvalue weighted by molar-refractivity contribution is 5.92. The van der Waals surface area contributed by atoms with Crippen molar-refractivity contribution in [2.75, 3.05) is 12.0 Å². The van der Waals surface area contributed by atoms with Gasteiger partial charge in [-0.2, -0.15) is 0 Å². The van der Waals surface area contributed by atoms with Crippen molar-refractivity contribution >= 4 is 11.8 Å². The molecular weight excluding hydrogens is 258 g/mol. The van der Waals surface area contributed by atoms with Crippen molar-refractivity contribution in [3.63, 3.8) is 0 Å². The van der Waals surface area contributed by atoms with Crippen LogP contribution in [0.15, 0.2) is 42.5 Å². The molecule has 20 heavy (non-hydrogen) atoms. The molecule has 1 heterocycles. The predicted octanol–water partition coefficient (Wildman–Crippen LogP) is 2.92. The maximum Gasteiger partial charge on any atom is 0.420 e. The molecule has 0 aliphatic carbocycles. The van der Waals surface area contributed by atoms with E-state index in [0.29, 0.717) is 23.7 Å². The van der Waals surface area contributed by atoms with Crippen molar-refractivity contribution in [3.8, 4) is 17.2 Å². The molecule has 102 valence electrons. The second kappa shape index (κ2) is 4.77. The van der Waals surface area contributed by atoms with E-state index >= 15 is 0 Å². The van der Waals surface area contributed by atoms with Crippen LogP contribution in [0.5, 0.6) is 17.2 Å². The number of carbonyl (C=O) groups is 1. The summed E-state index contributed by atoms with van der Waals surface area (Å²) in [6.45, 7) is 0.343. The lowest BCUT2D eigenvalue weighted by molar-refractivity contribution is 0.202. The molecule has 5 nitrogen and oxygen atoms in total. The fraction of sp³-hybridized carbons (Fsp3) is 0.133. The maximum atomic E-state index is 12.1. The Morgan fingerprint density at radius 2 is 2.05 bits per heavy atom. The minimum atomic E-state index is -0.521. The SMILES string of the molecule is COc1ccc2c(c1)OC(=O)N(c1ccccc1O)C2. The van der Waals surface area contributed by atoms with Gasteiger partial charge in [0.25, 0.3) is 0 Å². The third-order valence-corrected chi connectivity index (χ3v) is 3.19. The van der Waals surface area contributed by atoms with Crippen molar-refractivity contribution < 1.29 is 19.4 Å². The molecule has 0 spiro atoms. The quantitative estimate of drug-likeness (QED) is 0.912. The molecule has 0 aromatic heterocycles. The smallest absolute Gasteiger partial charge is 0.420 e. The number of methoxy groups -OCH3 is 1. The Kier molecular flexibility index (Phi) is 2.95. The van der Waals surface area contributed by atoms with Gasteiger partial charge < -0.3 is 14.6 Å². The standard InChI is InChI=1S/C15H13NO4/c1-19-11-7-6-10-9-16(15(18)20-14(10)8-11)12-4-2-3-5-13(12)17/h2-8,17H,9H2,1H3. The first kappa shape index (κ1) is 12.3. The van der Waals surface area contributed by atoms with E-state index in [-0.39, 0.29) is 5.75 Å². The second-order valence-corrected chi connectivity index (χ2v) is 4.42. The van der Waals surface area contributed by atoms with Crippen LogP contribution in [0, 0.1) is 0 Å². The summed E-state index contributed by atoms with van der Waals surface area (Å²) >= 11 is 0. The summed E-state index contributed by atoms with van der Waals surface area (Å²) in [4.78, 5) is 13.5. The summed E-state index contributed by atoms with van der Waals surface area (Å²) in [5.74, 6) is 1.16. The van der Waals surface area contributed by atoms with Gasteiger partial charge in [0.2, 0.25) is 0 Å². The number of fused-ring (bicyclic) bond motifs is 1. The number of nitrogens with zero attached hydrogens (tertiary/aromatic N) is 1. The van der Waals surface area contributed by atoms with Crippen molar-refractivity contribution in [1.82, 2.24) is 0 Å². The number of phenolic OH excluding ortho intramolecular Hbond substituents is 1. The molecule has 0 saturated heterocycles. The molecule has 5 heteroatoms. The Hall–Kier alpha value is -2.69. The number of anilines is 1. The number of para-hydroxylation sites is 2. The fourth-order valence-electron chi connectivity index (χ4n) is 2.15. The summed E-state index contributed by atoms with van der Waals surface area (Å²) in [5.41, 5.74) is 1.28. The van der Waals surface area contributed by atoms with Crippen LogP contribution < -0.4 is 14.4 Å². The van der Waals surface area contributed by atoms with Crippen molar-refractivity contribution in [1.29, 1.82) is 0 Å². The molecule has 0 atom stereocenters. The van der Waals surface area contributed by atoms with Crippen LogP contribution in [-0.4, -0.2) is 18.3 Å². The fourth-order valence-corrected chi connectivity index (χ4v) is 2.15. The molecule has 0 fully saturated rings. The molecule has 2 aromatic rings. The molecule has 0 unspecified atom stereocenters. The minimum absolute atomic E-state index is 0.0430. The summed E-state index contributed by atoms with van der Waals surface area (Å²) in [6, 6.07) is 12.0. The highest BCUT2D eigenvalue weighted by Gasteiger charge is 2.28. The van der Waals surface area contributed by atoms with Gasteiger partial charge in [-0.1, -0.05) is 12.1 Å². The van der Waals surface area contributed by atoms with Gasteiger partial charge in [-0.3, -0.25) is 4.90 Å². The molecule has 3 rings (SSSR count). The molecule has 1 amide bonds. The van der Waals surface area contributed by atoms with Gasteiger partial charge in [-0.25, -0.2) is 4.79 Å². The number of amides is 1. The molecule has 1 aliphatic rings. The minimum Gasteiger partial charge on any atom is -0.506 e. The highest BCUT2D eigenvalue weighted by Crippen LogP contribution is 2.35. The molecule has 1 N–H and O–H groups in total. The third-order valence-electron chi connectivity index (χ3n) is 3.19. The first-order valence-corrected chi connectivity index (χ1v) is 6.13. The van der Waals surface area contributed by atoms with Crippen LogP contribution in [0.25, 0.3) is 0 Å². The van der Waals surface area contributed by atoms with Crippen molar-refractivity contribution in [2.45, 2.75) is 6.54 Å². The number of benzene rings is 2. The van der Waals surface area contributed by atoms with Crippen molar-refractivity contribution in [3.05, 3.63) is 48.0 Å². The Bertz CT molecular complexity index is 669. The third kappa shape index (κ3) is 2.03. The van der Waals surface area contributed by atoms with Gasteiger partial charge >= 0.3 is 6.09 Å². The first-order chi connectivity index (χ1) is 9.69. The van der Waals surface area contributed by atoms with E-state index in [0.717, 1.165) is 5.56 Å². The number of carbonyl (C=O) groups excluding carboxylic acids is 1. The normalized spacial score (nSPS) is 13.7. The van der Waals surface area contributed by atoms with Crippen LogP contribution in [0.4, 0.5) is 10.5 Å². The van der Waals surface area contributed by atoms with Crippen LogP contribution in [0.2, 0.25) is 0 Å². The van der Waals surface area contributed by atoms with E-state index in [9.17, 15) is 9.90 Å². The molecule has 0 saturated carbocycles. The van der Waals surface area contributed by atoms with Crippen LogP contribution >= 0.6 is 0 Å². The molecule has 1 aliphatic heterocycles. The average Bonchev–Trinajstić information content (AvgIpc) is 2.47. The summed E-state index contributed by atoms with van der Waals surface area (Å²) in [7, 11) is 1.56. The Morgan fingerprint density at radius 3 is 2.80 bits per heavy atom. The molecular formula is C15H13NO4. The Morgan fingerprint density at radius 1 is 1.25 bits per heavy atom.